The van der Waals surface area contributed by atoms with E-state index in [-0.39, 0.29) is 0 Å². The highest BCUT2D eigenvalue weighted by molar-refractivity contribution is 4.60. The third kappa shape index (κ3) is 25.9. The van der Waals surface area contributed by atoms with Crippen molar-refractivity contribution in [3.8, 4) is 0 Å². The molecule has 0 aromatic heterocycles. The van der Waals surface area contributed by atoms with E-state index in [9.17, 15) is 0 Å². The molecule has 6 nitrogen and oxygen atoms in total. The average molecular weight is 446 g/mol. The number of ether oxygens (including phenoxy) is 3. The zero-order valence-corrected chi connectivity index (χ0v) is 20.8. The van der Waals surface area contributed by atoms with Gasteiger partial charge in [0.1, 0.15) is 0 Å². The molecule has 0 heterocycles. The predicted molar refractivity (Wildman–Crippen MR) is 133 cm³/mol. The molecule has 0 bridgehead atoms. The summed E-state index contributed by atoms with van der Waals surface area (Å²) < 4.78 is 17.2. The number of nitrogens with two attached hydrogens (primary N) is 2. The summed E-state index contributed by atoms with van der Waals surface area (Å²) in [6.07, 6.45) is 15.1. The van der Waals surface area contributed by atoms with Crippen LogP contribution < -0.4 is 11.5 Å². The van der Waals surface area contributed by atoms with Gasteiger partial charge in [-0.2, -0.15) is 0 Å². The van der Waals surface area contributed by atoms with Gasteiger partial charge in [-0.25, -0.2) is 0 Å². The highest BCUT2D eigenvalue weighted by Crippen LogP contribution is 2.04. The summed E-state index contributed by atoms with van der Waals surface area (Å²) in [4.78, 5) is 2.62. The lowest BCUT2D eigenvalue weighted by Crippen LogP contribution is -2.28. The molecule has 188 valence electrons. The van der Waals surface area contributed by atoms with Crippen molar-refractivity contribution in [1.82, 2.24) is 4.90 Å². The smallest absolute Gasteiger partial charge is 0.0466 e. The van der Waals surface area contributed by atoms with E-state index in [0.29, 0.717) is 0 Å². The minimum Gasteiger partial charge on any atom is -0.381 e. The summed E-state index contributed by atoms with van der Waals surface area (Å²) >= 11 is 0. The van der Waals surface area contributed by atoms with E-state index in [1.165, 1.54) is 58.2 Å². The Morgan fingerprint density at radius 2 is 0.774 bits per heavy atom. The van der Waals surface area contributed by atoms with E-state index < -0.39 is 0 Å². The molecule has 0 aliphatic heterocycles. The van der Waals surface area contributed by atoms with E-state index in [2.05, 4.69) is 11.8 Å². The first kappa shape index (κ1) is 30.8. The highest BCUT2D eigenvalue weighted by atomic mass is 16.5. The van der Waals surface area contributed by atoms with Crippen LogP contribution in [0.2, 0.25) is 0 Å². The molecule has 0 aliphatic carbocycles. The fourth-order valence-corrected chi connectivity index (χ4v) is 3.41. The molecule has 0 aromatic carbocycles. The third-order valence-corrected chi connectivity index (χ3v) is 5.42. The number of hydrogen-bond donors (Lipinski definition) is 2. The van der Waals surface area contributed by atoms with Crippen LogP contribution in [0.15, 0.2) is 0 Å². The van der Waals surface area contributed by atoms with Gasteiger partial charge in [0.15, 0.2) is 0 Å². The monoisotopic (exact) mass is 445 g/mol. The van der Waals surface area contributed by atoms with Crippen LogP contribution in [-0.4, -0.2) is 77.3 Å². The van der Waals surface area contributed by atoms with E-state index in [4.69, 9.17) is 25.7 Å². The summed E-state index contributed by atoms with van der Waals surface area (Å²) in [5, 5.41) is 0. The van der Waals surface area contributed by atoms with Gasteiger partial charge in [0, 0.05) is 39.6 Å². The molecule has 0 saturated heterocycles. The number of unbranched alkanes of at least 4 members (excludes halogenated alkanes) is 7. The molecule has 6 heteroatoms. The predicted octanol–water partition coefficient (Wildman–Crippen LogP) is 4.35. The summed E-state index contributed by atoms with van der Waals surface area (Å²) in [6.45, 7) is 12.6. The fraction of sp³-hybridized carbons (Fsp3) is 1.00. The topological polar surface area (TPSA) is 83.0 Å². The summed E-state index contributed by atoms with van der Waals surface area (Å²) in [6, 6.07) is 0. The van der Waals surface area contributed by atoms with Crippen molar-refractivity contribution in [2.45, 2.75) is 90.4 Å². The standard InChI is InChI=1S/C25H55N3O3/c1-2-3-9-20-29-23-12-6-17-28(18-7-13-24-30-21-10-4-15-26)19-8-14-25-31-22-11-5-16-27/h2-27H2,1H3. The van der Waals surface area contributed by atoms with Crippen molar-refractivity contribution in [2.24, 2.45) is 11.5 Å². The molecule has 0 atom stereocenters. The molecule has 0 aliphatic rings. The lowest BCUT2D eigenvalue weighted by atomic mass is 10.2. The van der Waals surface area contributed by atoms with Gasteiger partial charge in [-0.3, -0.25) is 0 Å². The van der Waals surface area contributed by atoms with Gasteiger partial charge < -0.3 is 30.6 Å². The molecule has 0 saturated carbocycles. The van der Waals surface area contributed by atoms with Gasteiger partial charge in [0.05, 0.1) is 0 Å². The van der Waals surface area contributed by atoms with Crippen LogP contribution in [0.1, 0.15) is 90.4 Å². The zero-order valence-electron chi connectivity index (χ0n) is 20.8. The van der Waals surface area contributed by atoms with Crippen LogP contribution in [0.5, 0.6) is 0 Å². The van der Waals surface area contributed by atoms with Gasteiger partial charge in [0.2, 0.25) is 0 Å². The Kier molecular flexibility index (Phi) is 27.6. The Morgan fingerprint density at radius 1 is 0.452 bits per heavy atom. The van der Waals surface area contributed by atoms with Crippen LogP contribution in [0.4, 0.5) is 0 Å². The van der Waals surface area contributed by atoms with E-state index in [1.807, 2.05) is 0 Å². The Balaban J connectivity index is 3.82. The molecule has 0 spiro atoms. The maximum absolute atomic E-state index is 5.76. The molecular formula is C25H55N3O3. The van der Waals surface area contributed by atoms with Crippen molar-refractivity contribution in [3.63, 3.8) is 0 Å². The number of rotatable bonds is 27. The SMILES string of the molecule is CCCCCOCCCCN(CCCCOCCCCN)CCCCOCCCCN. The number of nitrogens with zero attached hydrogens (tertiary/aromatic N) is 1. The number of hydrogen-bond acceptors (Lipinski definition) is 6. The Labute approximate surface area is 193 Å². The normalized spacial score (nSPS) is 11.6. The quantitative estimate of drug-likeness (QED) is 0.183. The lowest BCUT2D eigenvalue weighted by Gasteiger charge is -2.22. The molecule has 0 amide bonds. The second kappa shape index (κ2) is 27.8. The summed E-state index contributed by atoms with van der Waals surface area (Å²) in [5.41, 5.74) is 11.0. The molecule has 0 radical (unpaired) electrons. The van der Waals surface area contributed by atoms with E-state index >= 15 is 0 Å². The van der Waals surface area contributed by atoms with E-state index in [1.54, 1.807) is 0 Å². The molecule has 0 fully saturated rings. The molecule has 31 heavy (non-hydrogen) atoms. The Bertz CT molecular complexity index is 275. The average Bonchev–Trinajstić information content (AvgIpc) is 2.78. The van der Waals surface area contributed by atoms with Crippen LogP contribution in [0.3, 0.4) is 0 Å². The van der Waals surface area contributed by atoms with Gasteiger partial charge in [-0.15, -0.1) is 0 Å². The van der Waals surface area contributed by atoms with Crippen molar-refractivity contribution < 1.29 is 14.2 Å². The van der Waals surface area contributed by atoms with Crippen molar-refractivity contribution in [3.05, 3.63) is 0 Å². The zero-order chi connectivity index (χ0) is 22.7. The van der Waals surface area contributed by atoms with Gasteiger partial charge in [0.25, 0.3) is 0 Å². The largest absolute Gasteiger partial charge is 0.381 e. The first-order valence-corrected chi connectivity index (χ1v) is 13.2. The van der Waals surface area contributed by atoms with Gasteiger partial charge in [-0.1, -0.05) is 19.8 Å². The lowest BCUT2D eigenvalue weighted by molar-refractivity contribution is 0.115. The second-order valence-corrected chi connectivity index (χ2v) is 8.50. The van der Waals surface area contributed by atoms with Crippen LogP contribution >= 0.6 is 0 Å². The second-order valence-electron chi connectivity index (χ2n) is 8.50. The first-order chi connectivity index (χ1) is 15.3. The van der Waals surface area contributed by atoms with Crippen LogP contribution in [-0.2, 0) is 14.2 Å². The minimum absolute atomic E-state index is 0.765. The molecule has 4 N–H and O–H groups in total. The molecule has 0 rings (SSSR count). The minimum atomic E-state index is 0.765. The van der Waals surface area contributed by atoms with Crippen LogP contribution in [0, 0.1) is 0 Å². The maximum Gasteiger partial charge on any atom is 0.0466 e. The molecule has 0 unspecified atom stereocenters. The Hall–Kier alpha value is -0.240. The van der Waals surface area contributed by atoms with Crippen LogP contribution in [0.25, 0.3) is 0 Å². The maximum atomic E-state index is 5.76. The third-order valence-electron chi connectivity index (χ3n) is 5.42. The fourth-order valence-electron chi connectivity index (χ4n) is 3.41. The first-order valence-electron chi connectivity index (χ1n) is 13.2. The van der Waals surface area contributed by atoms with Gasteiger partial charge in [-0.05, 0) is 103 Å². The highest BCUT2D eigenvalue weighted by Gasteiger charge is 2.05. The molecular weight excluding hydrogens is 390 g/mol. The van der Waals surface area contributed by atoms with Crippen molar-refractivity contribution >= 4 is 0 Å². The van der Waals surface area contributed by atoms with E-state index in [0.717, 1.165) is 97.7 Å². The van der Waals surface area contributed by atoms with Crippen molar-refractivity contribution in [2.75, 3.05) is 72.4 Å². The summed E-state index contributed by atoms with van der Waals surface area (Å²) in [7, 11) is 0. The van der Waals surface area contributed by atoms with Gasteiger partial charge >= 0.3 is 0 Å². The van der Waals surface area contributed by atoms with Crippen molar-refractivity contribution in [1.29, 1.82) is 0 Å². The summed E-state index contributed by atoms with van der Waals surface area (Å²) in [5.74, 6) is 0. The Morgan fingerprint density at radius 3 is 1.10 bits per heavy atom. The molecule has 0 aromatic rings.